The third-order valence-electron chi connectivity index (χ3n) is 3.06. The van der Waals surface area contributed by atoms with Crippen LogP contribution in [-0.2, 0) is 0 Å². The maximum atomic E-state index is 12.9. The molecule has 1 heterocycles. The molecule has 0 aliphatic heterocycles. The van der Waals surface area contributed by atoms with Crippen LogP contribution in [0.1, 0.15) is 20.8 Å². The van der Waals surface area contributed by atoms with Gasteiger partial charge in [-0.25, -0.2) is 0 Å². The van der Waals surface area contributed by atoms with Crippen LogP contribution in [-0.4, -0.2) is 8.07 Å². The predicted octanol–water partition coefficient (Wildman–Crippen LogP) is 3.60. The Labute approximate surface area is 84.8 Å². The molecule has 0 amide bonds. The highest BCUT2D eigenvalue weighted by Crippen LogP contribution is 2.36. The second kappa shape index (κ2) is 3.21. The fourth-order valence-corrected chi connectivity index (χ4v) is 4.97. The first kappa shape index (κ1) is 10.9. The lowest BCUT2D eigenvalue weighted by atomic mass is 10.2. The van der Waals surface area contributed by atoms with Gasteiger partial charge < -0.3 is 0 Å². The van der Waals surface area contributed by atoms with E-state index < -0.39 is 8.07 Å². The van der Waals surface area contributed by atoms with Gasteiger partial charge in [-0.2, -0.15) is 4.39 Å². The summed E-state index contributed by atoms with van der Waals surface area (Å²) in [7, 11) is -1.48. The van der Waals surface area contributed by atoms with Gasteiger partial charge in [0, 0.05) is 0 Å². The molecular weight excluding hydrogens is 199 g/mol. The predicted molar refractivity (Wildman–Crippen MR) is 61.1 cm³/mol. The van der Waals surface area contributed by atoms with E-state index in [-0.39, 0.29) is 5.13 Å². The molecule has 0 spiro atoms. The highest BCUT2D eigenvalue weighted by Gasteiger charge is 2.37. The van der Waals surface area contributed by atoms with E-state index in [2.05, 4.69) is 33.9 Å². The van der Waals surface area contributed by atoms with Crippen LogP contribution in [0, 0.1) is 5.13 Å². The zero-order chi connectivity index (χ0) is 10.3. The van der Waals surface area contributed by atoms with Crippen molar-refractivity contribution in [2.75, 3.05) is 0 Å². The van der Waals surface area contributed by atoms with Gasteiger partial charge >= 0.3 is 0 Å². The number of hydrogen-bond donors (Lipinski definition) is 0. The molecule has 0 nitrogen and oxygen atoms in total. The lowest BCUT2D eigenvalue weighted by Crippen LogP contribution is -2.47. The molecule has 0 aliphatic rings. The SMILES string of the molecule is CC(C)(C)[Si](C)(C)c1ccc(F)s1. The number of hydrogen-bond acceptors (Lipinski definition) is 1. The summed E-state index contributed by atoms with van der Waals surface area (Å²) in [6.45, 7) is 11.3. The van der Waals surface area contributed by atoms with E-state index in [0.717, 1.165) is 0 Å². The molecule has 1 rings (SSSR count). The summed E-state index contributed by atoms with van der Waals surface area (Å²) < 4.78 is 14.1. The Kier molecular flexibility index (Phi) is 2.70. The standard InChI is InChI=1S/C10H17FSSi/c1-10(2,3)13(4,5)9-7-6-8(11)12-9/h6-7H,1-5H3. The highest BCUT2D eigenvalue weighted by molar-refractivity contribution is 7.26. The van der Waals surface area contributed by atoms with E-state index in [1.54, 1.807) is 6.07 Å². The second-order valence-corrected chi connectivity index (χ2v) is 11.7. The van der Waals surface area contributed by atoms with Crippen molar-refractivity contribution in [3.63, 3.8) is 0 Å². The minimum atomic E-state index is -1.48. The maximum absolute atomic E-state index is 12.9. The van der Waals surface area contributed by atoms with Crippen molar-refractivity contribution in [1.82, 2.24) is 0 Å². The van der Waals surface area contributed by atoms with E-state index in [1.807, 2.05) is 6.07 Å². The van der Waals surface area contributed by atoms with Crippen LogP contribution in [0.2, 0.25) is 18.1 Å². The van der Waals surface area contributed by atoms with E-state index >= 15 is 0 Å². The molecule has 0 saturated heterocycles. The van der Waals surface area contributed by atoms with Crippen molar-refractivity contribution < 1.29 is 4.39 Å². The van der Waals surface area contributed by atoms with Crippen LogP contribution in [0.5, 0.6) is 0 Å². The monoisotopic (exact) mass is 216 g/mol. The maximum Gasteiger partial charge on any atom is 0.176 e. The first-order valence-corrected chi connectivity index (χ1v) is 8.32. The number of rotatable bonds is 1. The number of thiophene rings is 1. The summed E-state index contributed by atoms with van der Waals surface area (Å²) in [4.78, 5) is 0. The summed E-state index contributed by atoms with van der Waals surface area (Å²) in [5.74, 6) is 0. The second-order valence-electron chi connectivity index (χ2n) is 4.98. The van der Waals surface area contributed by atoms with E-state index in [1.165, 1.54) is 15.8 Å². The van der Waals surface area contributed by atoms with Crippen molar-refractivity contribution in [3.05, 3.63) is 17.3 Å². The van der Waals surface area contributed by atoms with E-state index in [9.17, 15) is 4.39 Å². The zero-order valence-corrected chi connectivity index (χ0v) is 10.8. The Balaban J connectivity index is 3.07. The van der Waals surface area contributed by atoms with Gasteiger partial charge in [0.05, 0.1) is 8.07 Å². The summed E-state index contributed by atoms with van der Waals surface area (Å²) in [5.41, 5.74) is 0. The van der Waals surface area contributed by atoms with Crippen LogP contribution in [0.3, 0.4) is 0 Å². The summed E-state index contributed by atoms with van der Waals surface area (Å²) in [6.07, 6.45) is 0. The van der Waals surface area contributed by atoms with E-state index in [4.69, 9.17) is 0 Å². The molecule has 0 unspecified atom stereocenters. The quantitative estimate of drug-likeness (QED) is 0.629. The van der Waals surface area contributed by atoms with Crippen molar-refractivity contribution in [2.24, 2.45) is 0 Å². The highest BCUT2D eigenvalue weighted by atomic mass is 32.1. The zero-order valence-electron chi connectivity index (χ0n) is 8.94. The van der Waals surface area contributed by atoms with Crippen molar-refractivity contribution in [1.29, 1.82) is 0 Å². The first-order valence-electron chi connectivity index (χ1n) is 4.51. The van der Waals surface area contributed by atoms with Crippen molar-refractivity contribution in [2.45, 2.75) is 38.9 Å². The molecule has 0 N–H and O–H groups in total. The Hall–Kier alpha value is -0.153. The molecule has 1 aromatic heterocycles. The van der Waals surface area contributed by atoms with Crippen LogP contribution in [0.25, 0.3) is 0 Å². The molecule has 74 valence electrons. The smallest absolute Gasteiger partial charge is 0.176 e. The summed E-state index contributed by atoms with van der Waals surface area (Å²) in [5, 5.41) is 0.240. The van der Waals surface area contributed by atoms with Gasteiger partial charge in [0.15, 0.2) is 5.13 Å². The van der Waals surface area contributed by atoms with Gasteiger partial charge in [-0.3, -0.25) is 0 Å². The summed E-state index contributed by atoms with van der Waals surface area (Å²) >= 11 is 1.32. The topological polar surface area (TPSA) is 0 Å². The van der Waals surface area contributed by atoms with Crippen molar-refractivity contribution >= 4 is 23.9 Å². The van der Waals surface area contributed by atoms with Crippen LogP contribution < -0.4 is 4.50 Å². The number of halogens is 1. The average Bonchev–Trinajstić information content (AvgIpc) is 2.33. The first-order chi connectivity index (χ1) is 5.75. The third-order valence-corrected chi connectivity index (χ3v) is 10.7. The van der Waals surface area contributed by atoms with E-state index in [0.29, 0.717) is 5.04 Å². The normalized spacial score (nSPS) is 13.4. The molecule has 0 bridgehead atoms. The van der Waals surface area contributed by atoms with Gasteiger partial charge in [-0.1, -0.05) is 33.9 Å². The van der Waals surface area contributed by atoms with Gasteiger partial charge in [0.2, 0.25) is 0 Å². The van der Waals surface area contributed by atoms with Gasteiger partial charge in [-0.15, -0.1) is 11.3 Å². The van der Waals surface area contributed by atoms with Crippen molar-refractivity contribution in [3.8, 4) is 0 Å². The molecule has 3 heteroatoms. The Morgan fingerprint density at radius 2 is 1.77 bits per heavy atom. The van der Waals surface area contributed by atoms with Crippen LogP contribution in [0.15, 0.2) is 12.1 Å². The lowest BCUT2D eigenvalue weighted by molar-refractivity contribution is 0.657. The molecular formula is C10H17FSSi. The molecule has 0 aliphatic carbocycles. The molecule has 0 atom stereocenters. The minimum Gasteiger partial charge on any atom is -0.195 e. The molecule has 0 aromatic carbocycles. The lowest BCUT2D eigenvalue weighted by Gasteiger charge is -2.35. The Morgan fingerprint density at radius 3 is 2.08 bits per heavy atom. The largest absolute Gasteiger partial charge is 0.195 e. The molecule has 0 radical (unpaired) electrons. The fraction of sp³-hybridized carbons (Fsp3) is 0.600. The average molecular weight is 216 g/mol. The van der Waals surface area contributed by atoms with Crippen LogP contribution in [0.4, 0.5) is 4.39 Å². The third kappa shape index (κ3) is 2.02. The molecule has 0 saturated carbocycles. The minimum absolute atomic E-state index is 0.0557. The fourth-order valence-electron chi connectivity index (χ4n) is 1.02. The van der Waals surface area contributed by atoms with Gasteiger partial charge in [-0.05, 0) is 21.7 Å². The van der Waals surface area contributed by atoms with Crippen LogP contribution >= 0.6 is 11.3 Å². The summed E-state index contributed by atoms with van der Waals surface area (Å²) in [6, 6.07) is 3.54. The Morgan fingerprint density at radius 1 is 1.23 bits per heavy atom. The van der Waals surface area contributed by atoms with Gasteiger partial charge in [0.1, 0.15) is 0 Å². The molecule has 0 fully saturated rings. The molecule has 13 heavy (non-hydrogen) atoms. The van der Waals surface area contributed by atoms with Gasteiger partial charge in [0.25, 0.3) is 0 Å². The molecule has 1 aromatic rings. The Bertz CT molecular complexity index is 296.